The van der Waals surface area contributed by atoms with Crippen LogP contribution in [0.1, 0.15) is 11.1 Å². The van der Waals surface area contributed by atoms with Gasteiger partial charge in [-0.15, -0.1) is 0 Å². The van der Waals surface area contributed by atoms with E-state index in [0.29, 0.717) is 16.3 Å². The quantitative estimate of drug-likeness (QED) is 0.657. The number of nitrogens with one attached hydrogen (secondary N) is 1. The Hall–Kier alpha value is -2.66. The van der Waals surface area contributed by atoms with Crippen molar-refractivity contribution in [1.29, 1.82) is 0 Å². The lowest BCUT2D eigenvalue weighted by molar-refractivity contribution is -0.142. The third-order valence-corrected chi connectivity index (χ3v) is 3.58. The summed E-state index contributed by atoms with van der Waals surface area (Å²) >= 11 is 5.96. The summed E-state index contributed by atoms with van der Waals surface area (Å²) < 4.78 is 17.6. The zero-order chi connectivity index (χ0) is 17.5. The molecule has 0 unspecified atom stereocenters. The highest BCUT2D eigenvalue weighted by atomic mass is 35.5. The summed E-state index contributed by atoms with van der Waals surface area (Å²) in [5.41, 5.74) is 1.94. The van der Waals surface area contributed by atoms with Gasteiger partial charge >= 0.3 is 5.97 Å². The van der Waals surface area contributed by atoms with E-state index >= 15 is 0 Å². The summed E-state index contributed by atoms with van der Waals surface area (Å²) in [7, 11) is 0. The first-order valence-electron chi connectivity index (χ1n) is 7.11. The normalized spacial score (nSPS) is 10.6. The van der Waals surface area contributed by atoms with E-state index in [0.717, 1.165) is 5.56 Å². The maximum absolute atomic E-state index is 12.8. The molecular weight excluding hydrogens is 333 g/mol. The Bertz CT molecular complexity index is 772. The molecule has 0 radical (unpaired) electrons. The summed E-state index contributed by atoms with van der Waals surface area (Å²) in [5.74, 6) is -1.50. The predicted molar refractivity (Wildman–Crippen MR) is 91.2 cm³/mol. The smallest absolute Gasteiger partial charge is 0.331 e. The molecule has 1 N–H and O–H groups in total. The molecule has 24 heavy (non-hydrogen) atoms. The highest BCUT2D eigenvalue weighted by molar-refractivity contribution is 6.31. The van der Waals surface area contributed by atoms with Crippen molar-refractivity contribution >= 4 is 35.2 Å². The average Bonchev–Trinajstić information content (AvgIpc) is 2.56. The Morgan fingerprint density at radius 2 is 1.92 bits per heavy atom. The van der Waals surface area contributed by atoms with E-state index < -0.39 is 18.5 Å². The van der Waals surface area contributed by atoms with Crippen molar-refractivity contribution in [3.63, 3.8) is 0 Å². The minimum atomic E-state index is -0.669. The van der Waals surface area contributed by atoms with E-state index in [-0.39, 0.29) is 5.82 Å². The number of ether oxygens (including phenoxy) is 1. The van der Waals surface area contributed by atoms with Gasteiger partial charge in [0.25, 0.3) is 5.91 Å². The van der Waals surface area contributed by atoms with E-state index in [1.165, 1.54) is 36.4 Å². The Balaban J connectivity index is 1.84. The Labute approximate surface area is 143 Å². The highest BCUT2D eigenvalue weighted by Gasteiger charge is 2.08. The summed E-state index contributed by atoms with van der Waals surface area (Å²) in [6, 6.07) is 10.7. The first kappa shape index (κ1) is 17.7. The van der Waals surface area contributed by atoms with Crippen molar-refractivity contribution < 1.29 is 18.7 Å². The van der Waals surface area contributed by atoms with Gasteiger partial charge < -0.3 is 10.1 Å². The minimum absolute atomic E-state index is 0.359. The van der Waals surface area contributed by atoms with Crippen LogP contribution < -0.4 is 5.32 Å². The number of carbonyl (C=O) groups is 2. The fraction of sp³-hybridized carbons (Fsp3) is 0.111. The first-order chi connectivity index (χ1) is 11.5. The second-order valence-corrected chi connectivity index (χ2v) is 5.36. The molecule has 2 aromatic rings. The summed E-state index contributed by atoms with van der Waals surface area (Å²) in [6.45, 7) is 1.36. The van der Waals surface area contributed by atoms with Crippen molar-refractivity contribution in [1.82, 2.24) is 0 Å². The molecule has 124 valence electrons. The maximum Gasteiger partial charge on any atom is 0.331 e. The van der Waals surface area contributed by atoms with Gasteiger partial charge in [-0.1, -0.05) is 29.8 Å². The average molecular weight is 348 g/mol. The molecule has 2 aromatic carbocycles. The van der Waals surface area contributed by atoms with Crippen LogP contribution in [0.15, 0.2) is 48.5 Å². The molecule has 6 heteroatoms. The van der Waals surface area contributed by atoms with E-state index in [1.807, 2.05) is 0 Å². The summed E-state index contributed by atoms with van der Waals surface area (Å²) in [5, 5.41) is 3.15. The number of rotatable bonds is 5. The number of carbonyl (C=O) groups excluding carboxylic acids is 2. The Morgan fingerprint density at radius 1 is 1.21 bits per heavy atom. The Morgan fingerprint density at radius 3 is 2.62 bits per heavy atom. The molecule has 0 spiro atoms. The van der Waals surface area contributed by atoms with Gasteiger partial charge in [0.15, 0.2) is 6.61 Å². The maximum atomic E-state index is 12.8. The van der Waals surface area contributed by atoms with Crippen molar-refractivity contribution in [3.8, 4) is 0 Å². The van der Waals surface area contributed by atoms with Gasteiger partial charge in [0.1, 0.15) is 5.82 Å². The van der Waals surface area contributed by atoms with Crippen LogP contribution in [0, 0.1) is 12.7 Å². The van der Waals surface area contributed by atoms with Crippen LogP contribution >= 0.6 is 11.6 Å². The molecule has 0 aliphatic rings. The molecule has 0 fully saturated rings. The van der Waals surface area contributed by atoms with Crippen molar-refractivity contribution in [3.05, 3.63) is 70.5 Å². The fourth-order valence-electron chi connectivity index (χ4n) is 1.85. The number of benzene rings is 2. The number of hydrogen-bond donors (Lipinski definition) is 1. The molecule has 0 saturated heterocycles. The molecule has 4 nitrogen and oxygen atoms in total. The van der Waals surface area contributed by atoms with Crippen molar-refractivity contribution in [2.24, 2.45) is 0 Å². The molecule has 2 rings (SSSR count). The SMILES string of the molecule is Cc1c(Cl)cccc1NC(=O)COC(=O)/C=C/c1ccc(F)cc1. The lowest BCUT2D eigenvalue weighted by Crippen LogP contribution is -2.20. The van der Waals surface area contributed by atoms with Gasteiger partial charge in [-0.3, -0.25) is 4.79 Å². The molecule has 0 bridgehead atoms. The van der Waals surface area contributed by atoms with Crippen LogP contribution in [0.3, 0.4) is 0 Å². The highest BCUT2D eigenvalue weighted by Crippen LogP contribution is 2.22. The molecular formula is C18H15ClFNO3. The number of amides is 1. The van der Waals surface area contributed by atoms with Crippen LogP contribution in [-0.4, -0.2) is 18.5 Å². The summed E-state index contributed by atoms with van der Waals surface area (Å²) in [4.78, 5) is 23.4. The van der Waals surface area contributed by atoms with Crippen LogP contribution in [0.25, 0.3) is 6.08 Å². The lowest BCUT2D eigenvalue weighted by atomic mass is 10.2. The molecule has 0 saturated carbocycles. The number of halogens is 2. The molecule has 0 aliphatic carbocycles. The van der Waals surface area contributed by atoms with Gasteiger partial charge in [-0.25, -0.2) is 9.18 Å². The number of hydrogen-bond acceptors (Lipinski definition) is 3. The van der Waals surface area contributed by atoms with Gasteiger partial charge in [-0.2, -0.15) is 0 Å². The Kier molecular flexibility index (Phi) is 6.09. The van der Waals surface area contributed by atoms with Crippen LogP contribution in [0.2, 0.25) is 5.02 Å². The summed E-state index contributed by atoms with van der Waals surface area (Å²) in [6.07, 6.45) is 2.64. The fourth-order valence-corrected chi connectivity index (χ4v) is 2.03. The van der Waals surface area contributed by atoms with Gasteiger partial charge in [0.05, 0.1) is 0 Å². The van der Waals surface area contributed by atoms with Gasteiger partial charge in [-0.05, 0) is 48.4 Å². The number of esters is 1. The molecule has 0 aromatic heterocycles. The first-order valence-corrected chi connectivity index (χ1v) is 7.49. The van der Waals surface area contributed by atoms with Crippen molar-refractivity contribution in [2.45, 2.75) is 6.92 Å². The van der Waals surface area contributed by atoms with Gasteiger partial charge in [0, 0.05) is 16.8 Å². The van der Waals surface area contributed by atoms with Crippen molar-refractivity contribution in [2.75, 3.05) is 11.9 Å². The topological polar surface area (TPSA) is 55.4 Å². The number of anilines is 1. The van der Waals surface area contributed by atoms with E-state index in [1.54, 1.807) is 25.1 Å². The largest absolute Gasteiger partial charge is 0.452 e. The molecule has 0 heterocycles. The predicted octanol–water partition coefficient (Wildman–Crippen LogP) is 3.98. The second kappa shape index (κ2) is 8.26. The monoisotopic (exact) mass is 347 g/mol. The van der Waals surface area contributed by atoms with E-state index in [2.05, 4.69) is 5.32 Å². The van der Waals surface area contributed by atoms with E-state index in [4.69, 9.17) is 16.3 Å². The van der Waals surface area contributed by atoms with Crippen LogP contribution in [0.5, 0.6) is 0 Å². The lowest BCUT2D eigenvalue weighted by Gasteiger charge is -2.09. The van der Waals surface area contributed by atoms with Gasteiger partial charge in [0.2, 0.25) is 0 Å². The van der Waals surface area contributed by atoms with Crippen LogP contribution in [0.4, 0.5) is 10.1 Å². The third kappa shape index (κ3) is 5.21. The van der Waals surface area contributed by atoms with E-state index in [9.17, 15) is 14.0 Å². The zero-order valence-corrected chi connectivity index (χ0v) is 13.6. The molecule has 0 aliphatic heterocycles. The zero-order valence-electron chi connectivity index (χ0n) is 12.9. The molecule has 1 amide bonds. The second-order valence-electron chi connectivity index (χ2n) is 4.95. The van der Waals surface area contributed by atoms with Crippen LogP contribution in [-0.2, 0) is 14.3 Å². The third-order valence-electron chi connectivity index (χ3n) is 3.17. The minimum Gasteiger partial charge on any atom is -0.452 e. The standard InChI is InChI=1S/C18H15ClFNO3/c1-12-15(19)3-2-4-16(12)21-17(22)11-24-18(23)10-7-13-5-8-14(20)9-6-13/h2-10H,11H2,1H3,(H,21,22)/b10-7+. The molecule has 0 atom stereocenters.